The van der Waals surface area contributed by atoms with E-state index >= 15 is 0 Å². The van der Waals surface area contributed by atoms with Gasteiger partial charge in [-0.15, -0.1) is 0 Å². The molecule has 0 bridgehead atoms. The molecule has 0 spiro atoms. The predicted octanol–water partition coefficient (Wildman–Crippen LogP) is 2.69. The Labute approximate surface area is 200 Å². The van der Waals surface area contributed by atoms with Crippen molar-refractivity contribution in [3.63, 3.8) is 0 Å². The van der Waals surface area contributed by atoms with E-state index in [-0.39, 0.29) is 30.8 Å². The number of benzene rings is 1. The van der Waals surface area contributed by atoms with E-state index in [2.05, 4.69) is 10.6 Å². The van der Waals surface area contributed by atoms with E-state index in [1.807, 2.05) is 0 Å². The number of carboxylic acid groups (broad SMARTS) is 1. The van der Waals surface area contributed by atoms with Gasteiger partial charge in [-0.25, -0.2) is 4.39 Å². The first-order valence-corrected chi connectivity index (χ1v) is 12.3. The number of carboxylic acids is 1. The van der Waals surface area contributed by atoms with Crippen molar-refractivity contribution in [2.45, 2.75) is 51.0 Å². The zero-order valence-corrected chi connectivity index (χ0v) is 19.6. The van der Waals surface area contributed by atoms with Gasteiger partial charge < -0.3 is 25.4 Å². The first-order chi connectivity index (χ1) is 16.5. The van der Waals surface area contributed by atoms with Crippen LogP contribution in [-0.2, 0) is 14.4 Å². The van der Waals surface area contributed by atoms with Crippen molar-refractivity contribution in [2.24, 2.45) is 11.8 Å². The van der Waals surface area contributed by atoms with Gasteiger partial charge in [0.15, 0.2) is 0 Å². The Bertz CT molecular complexity index is 831. The van der Waals surface area contributed by atoms with Crippen molar-refractivity contribution in [2.75, 3.05) is 39.5 Å². The molecule has 2 amide bonds. The fourth-order valence-corrected chi connectivity index (χ4v) is 4.77. The minimum atomic E-state index is -1.04. The maximum atomic E-state index is 13.1. The Balaban J connectivity index is 1.57. The Morgan fingerprint density at radius 2 is 2.03 bits per heavy atom. The van der Waals surface area contributed by atoms with Gasteiger partial charge in [-0.1, -0.05) is 12.1 Å². The SMILES string of the molecule is O=C(O)CC(NC(=O)C1CCCN(C(=O)CCC2CCNCC2)C1)c1cccc(OCCF)c1. The standard InChI is InChI=1S/C25H36FN3O5/c26-10-14-34-21-5-1-3-19(15-21)22(16-24(31)32)28-25(33)20-4-2-13-29(17-20)23(30)7-6-18-8-11-27-12-9-18/h1,3,5,15,18,20,22,27H,2,4,6-14,16-17H2,(H,28,33)(H,31,32). The first-order valence-electron chi connectivity index (χ1n) is 12.3. The number of hydrogen-bond donors (Lipinski definition) is 3. The number of likely N-dealkylation sites (tertiary alicyclic amines) is 1. The molecule has 2 unspecified atom stereocenters. The van der Waals surface area contributed by atoms with Crippen molar-refractivity contribution in [3.8, 4) is 5.75 Å². The van der Waals surface area contributed by atoms with E-state index in [1.54, 1.807) is 29.2 Å². The lowest BCUT2D eigenvalue weighted by molar-refractivity contribution is -0.138. The lowest BCUT2D eigenvalue weighted by Gasteiger charge is -2.33. The minimum Gasteiger partial charge on any atom is -0.491 e. The fourth-order valence-electron chi connectivity index (χ4n) is 4.77. The summed E-state index contributed by atoms with van der Waals surface area (Å²) in [5, 5.41) is 15.6. The number of aliphatic carboxylic acids is 1. The maximum Gasteiger partial charge on any atom is 0.305 e. The molecule has 2 aliphatic rings. The summed E-state index contributed by atoms with van der Waals surface area (Å²) in [5.74, 6) is -0.580. The van der Waals surface area contributed by atoms with E-state index in [1.165, 1.54) is 0 Å². The van der Waals surface area contributed by atoms with Gasteiger partial charge in [0.25, 0.3) is 0 Å². The van der Waals surface area contributed by atoms with E-state index in [4.69, 9.17) is 4.74 Å². The van der Waals surface area contributed by atoms with Gasteiger partial charge >= 0.3 is 5.97 Å². The maximum absolute atomic E-state index is 13.1. The second kappa shape index (κ2) is 13.3. The minimum absolute atomic E-state index is 0.0934. The lowest BCUT2D eigenvalue weighted by atomic mass is 9.92. The fraction of sp³-hybridized carbons (Fsp3) is 0.640. The molecule has 34 heavy (non-hydrogen) atoms. The third-order valence-corrected chi connectivity index (χ3v) is 6.67. The number of alkyl halides is 1. The van der Waals surface area contributed by atoms with Crippen LogP contribution in [0.25, 0.3) is 0 Å². The van der Waals surface area contributed by atoms with Crippen molar-refractivity contribution in [1.29, 1.82) is 0 Å². The summed E-state index contributed by atoms with van der Waals surface area (Å²) in [4.78, 5) is 39.1. The number of nitrogens with one attached hydrogen (secondary N) is 2. The Morgan fingerprint density at radius 3 is 2.76 bits per heavy atom. The molecule has 3 rings (SSSR count). The highest BCUT2D eigenvalue weighted by atomic mass is 19.1. The van der Waals surface area contributed by atoms with E-state index in [9.17, 15) is 23.9 Å². The van der Waals surface area contributed by atoms with Crippen LogP contribution in [0.5, 0.6) is 5.75 Å². The number of piperidine rings is 2. The summed E-state index contributed by atoms with van der Waals surface area (Å²) >= 11 is 0. The molecule has 0 aromatic heterocycles. The van der Waals surface area contributed by atoms with Crippen LogP contribution in [0.2, 0.25) is 0 Å². The highest BCUT2D eigenvalue weighted by molar-refractivity contribution is 5.82. The van der Waals surface area contributed by atoms with Crippen LogP contribution >= 0.6 is 0 Å². The number of halogens is 1. The molecule has 188 valence electrons. The molecule has 2 fully saturated rings. The molecule has 0 saturated carbocycles. The van der Waals surface area contributed by atoms with Crippen LogP contribution < -0.4 is 15.4 Å². The highest BCUT2D eigenvalue weighted by Gasteiger charge is 2.30. The van der Waals surface area contributed by atoms with Crippen molar-refractivity contribution >= 4 is 17.8 Å². The zero-order valence-electron chi connectivity index (χ0n) is 19.6. The molecule has 1 aromatic carbocycles. The van der Waals surface area contributed by atoms with Crippen molar-refractivity contribution < 1.29 is 28.6 Å². The van der Waals surface area contributed by atoms with E-state index < -0.39 is 18.7 Å². The summed E-state index contributed by atoms with van der Waals surface area (Å²) in [6.45, 7) is 2.30. The van der Waals surface area contributed by atoms with E-state index in [0.717, 1.165) is 38.8 Å². The quantitative estimate of drug-likeness (QED) is 0.452. The molecule has 2 atom stereocenters. The summed E-state index contributed by atoms with van der Waals surface area (Å²) < 4.78 is 17.7. The molecular weight excluding hydrogens is 441 g/mol. The topological polar surface area (TPSA) is 108 Å². The monoisotopic (exact) mass is 477 g/mol. The number of hydrogen-bond acceptors (Lipinski definition) is 5. The number of rotatable bonds is 11. The third kappa shape index (κ3) is 7.97. The number of ether oxygens (including phenoxy) is 1. The number of amides is 2. The van der Waals surface area contributed by atoms with Crippen LogP contribution in [0.3, 0.4) is 0 Å². The molecule has 0 aliphatic carbocycles. The summed E-state index contributed by atoms with van der Waals surface area (Å²) in [6, 6.07) is 5.94. The van der Waals surface area contributed by atoms with Gasteiger partial charge in [-0.05, 0) is 68.8 Å². The average molecular weight is 478 g/mol. The molecule has 1 aromatic rings. The third-order valence-electron chi connectivity index (χ3n) is 6.67. The highest BCUT2D eigenvalue weighted by Crippen LogP contribution is 2.25. The smallest absolute Gasteiger partial charge is 0.305 e. The van der Waals surface area contributed by atoms with Crippen molar-refractivity contribution in [1.82, 2.24) is 15.5 Å². The lowest BCUT2D eigenvalue weighted by Crippen LogP contribution is -2.46. The van der Waals surface area contributed by atoms with Gasteiger partial charge in [0.2, 0.25) is 11.8 Å². The van der Waals surface area contributed by atoms with Gasteiger partial charge in [-0.3, -0.25) is 14.4 Å². The second-order valence-corrected chi connectivity index (χ2v) is 9.18. The molecule has 2 saturated heterocycles. The number of carbonyl (C=O) groups is 3. The molecule has 9 heteroatoms. The summed E-state index contributed by atoms with van der Waals surface area (Å²) in [5.41, 5.74) is 0.581. The summed E-state index contributed by atoms with van der Waals surface area (Å²) in [7, 11) is 0. The van der Waals surface area contributed by atoms with Gasteiger partial charge in [0.05, 0.1) is 18.4 Å². The van der Waals surface area contributed by atoms with Crippen LogP contribution in [0.4, 0.5) is 4.39 Å². The largest absolute Gasteiger partial charge is 0.491 e. The van der Waals surface area contributed by atoms with Gasteiger partial charge in [-0.2, -0.15) is 0 Å². The van der Waals surface area contributed by atoms with Crippen LogP contribution in [0.15, 0.2) is 24.3 Å². The van der Waals surface area contributed by atoms with Gasteiger partial charge in [0.1, 0.15) is 19.0 Å². The Kier molecular flexibility index (Phi) is 10.1. The Hall–Kier alpha value is -2.68. The van der Waals surface area contributed by atoms with E-state index in [0.29, 0.717) is 43.2 Å². The number of carbonyl (C=O) groups excluding carboxylic acids is 2. The van der Waals surface area contributed by atoms with Crippen LogP contribution in [-0.4, -0.2) is 67.3 Å². The predicted molar refractivity (Wildman–Crippen MR) is 125 cm³/mol. The molecule has 8 nitrogen and oxygen atoms in total. The average Bonchev–Trinajstić information content (AvgIpc) is 2.86. The molecule has 2 heterocycles. The zero-order chi connectivity index (χ0) is 24.3. The van der Waals surface area contributed by atoms with Crippen molar-refractivity contribution in [3.05, 3.63) is 29.8 Å². The number of nitrogens with zero attached hydrogens (tertiary/aromatic N) is 1. The summed E-state index contributed by atoms with van der Waals surface area (Å²) in [6.07, 6.45) is 4.70. The molecule has 2 aliphatic heterocycles. The molecule has 0 radical (unpaired) electrons. The Morgan fingerprint density at radius 1 is 1.24 bits per heavy atom. The molecular formula is C25H36FN3O5. The van der Waals surface area contributed by atoms with Crippen LogP contribution in [0.1, 0.15) is 56.6 Å². The first kappa shape index (κ1) is 25.9. The second-order valence-electron chi connectivity index (χ2n) is 9.18. The normalized spacial score (nSPS) is 19.9. The van der Waals surface area contributed by atoms with Gasteiger partial charge in [0, 0.05) is 19.5 Å². The molecule has 3 N–H and O–H groups in total. The van der Waals surface area contributed by atoms with Crippen LogP contribution in [0, 0.1) is 11.8 Å².